The summed E-state index contributed by atoms with van der Waals surface area (Å²) in [7, 11) is 4.20. The fraction of sp³-hybridized carbons (Fsp3) is 0.289. The van der Waals surface area contributed by atoms with Crippen molar-refractivity contribution in [2.45, 2.75) is 59.3 Å². The molecule has 0 unspecified atom stereocenters. The molecule has 6 aromatic rings. The molecule has 0 saturated heterocycles. The van der Waals surface area contributed by atoms with Gasteiger partial charge in [-0.05, 0) is 53.1 Å². The Bertz CT molecular complexity index is 1930. The summed E-state index contributed by atoms with van der Waals surface area (Å²) < 4.78 is 6.47. The van der Waals surface area contributed by atoms with Crippen LogP contribution in [0, 0.1) is 0 Å². The summed E-state index contributed by atoms with van der Waals surface area (Å²) in [5.74, 6) is 2.98. The van der Waals surface area contributed by atoms with E-state index in [9.17, 15) is 0 Å². The molecule has 6 rings (SSSR count). The lowest BCUT2D eigenvalue weighted by Crippen LogP contribution is -1.98. The molecule has 224 valence electrons. The highest BCUT2D eigenvalue weighted by molar-refractivity contribution is 5.77. The molecule has 0 N–H and O–H groups in total. The van der Waals surface area contributed by atoms with Gasteiger partial charge in [-0.3, -0.25) is 0 Å². The maximum atomic E-state index is 5.23. The summed E-state index contributed by atoms with van der Waals surface area (Å²) >= 11 is 0. The van der Waals surface area contributed by atoms with E-state index in [0.29, 0.717) is 11.8 Å². The first-order chi connectivity index (χ1) is 21.1. The molecule has 0 atom stereocenters. The molecule has 0 bridgehead atoms. The largest absolute Gasteiger partial charge is 0.334 e. The Hall–Kier alpha value is -4.71. The first-order valence-electron chi connectivity index (χ1n) is 15.6. The third-order valence-electron chi connectivity index (χ3n) is 8.34. The summed E-state index contributed by atoms with van der Waals surface area (Å²) in [4.78, 5) is 14.8. The Balaban J connectivity index is 1.39. The molecule has 6 nitrogen and oxygen atoms in total. The monoisotopic (exact) mass is 582 g/mol. The fourth-order valence-corrected chi connectivity index (χ4v) is 5.82. The summed E-state index contributed by atoms with van der Waals surface area (Å²) in [5.41, 5.74) is 11.2. The molecule has 0 radical (unpaired) electrons. The van der Waals surface area contributed by atoms with Gasteiger partial charge in [0.15, 0.2) is 0 Å². The highest BCUT2D eigenvalue weighted by Gasteiger charge is 2.21. The van der Waals surface area contributed by atoms with Crippen LogP contribution in [-0.4, -0.2) is 28.7 Å². The average Bonchev–Trinajstić information content (AvgIpc) is 3.75. The van der Waals surface area contributed by atoms with Gasteiger partial charge in [0.25, 0.3) is 0 Å². The highest BCUT2D eigenvalue weighted by Crippen LogP contribution is 2.36. The van der Waals surface area contributed by atoms with Crippen LogP contribution < -0.4 is 0 Å². The van der Waals surface area contributed by atoms with Gasteiger partial charge in [0.1, 0.15) is 11.6 Å². The molecule has 3 aromatic carbocycles. The molecule has 0 fully saturated rings. The number of rotatable bonds is 8. The minimum absolute atomic E-state index is 0.265. The predicted octanol–water partition coefficient (Wildman–Crippen LogP) is 9.38. The Kier molecular flexibility index (Phi) is 7.85. The van der Waals surface area contributed by atoms with Crippen molar-refractivity contribution in [3.8, 4) is 50.8 Å². The molecule has 3 heterocycles. The van der Waals surface area contributed by atoms with E-state index in [2.05, 4.69) is 160 Å². The molecule has 0 spiro atoms. The summed E-state index contributed by atoms with van der Waals surface area (Å²) in [6.45, 7) is 13.1. The molecule has 6 heteroatoms. The normalized spacial score (nSPS) is 11.8. The van der Waals surface area contributed by atoms with Crippen molar-refractivity contribution in [3.63, 3.8) is 0 Å². The molecule has 0 aliphatic carbocycles. The predicted molar refractivity (Wildman–Crippen MR) is 181 cm³/mol. The van der Waals surface area contributed by atoms with Gasteiger partial charge in [0.05, 0.1) is 29.1 Å². The van der Waals surface area contributed by atoms with Crippen LogP contribution in [0.3, 0.4) is 0 Å². The number of aryl methyl sites for hydroxylation is 1. The van der Waals surface area contributed by atoms with Gasteiger partial charge in [0.2, 0.25) is 0 Å². The van der Waals surface area contributed by atoms with Crippen molar-refractivity contribution < 1.29 is 0 Å². The van der Waals surface area contributed by atoms with E-state index in [4.69, 9.17) is 9.97 Å². The van der Waals surface area contributed by atoms with E-state index >= 15 is 0 Å². The molecule has 0 amide bonds. The molecule has 0 saturated carbocycles. The van der Waals surface area contributed by atoms with Gasteiger partial charge in [-0.15, -0.1) is 0 Å². The van der Waals surface area contributed by atoms with E-state index in [1.54, 1.807) is 0 Å². The SMILES string of the molecule is CC(C)c1cn(-c2cccc(-c3nc(C(C)C)c(-c4cccc(-c5cccc(-c6nc(C(C)C)cn6C)c5)c4)n3C)c2)cn1. The second-order valence-corrected chi connectivity index (χ2v) is 12.7. The minimum atomic E-state index is 0.265. The topological polar surface area (TPSA) is 53.5 Å². The number of nitrogens with zero attached hydrogens (tertiary/aromatic N) is 6. The molecule has 3 aromatic heterocycles. The Labute approximate surface area is 261 Å². The van der Waals surface area contributed by atoms with Crippen molar-refractivity contribution >= 4 is 0 Å². The van der Waals surface area contributed by atoms with E-state index in [0.717, 1.165) is 56.8 Å². The zero-order valence-corrected chi connectivity index (χ0v) is 27.1. The first kappa shape index (κ1) is 29.4. The number of hydrogen-bond donors (Lipinski definition) is 0. The number of hydrogen-bond acceptors (Lipinski definition) is 3. The fourth-order valence-electron chi connectivity index (χ4n) is 5.82. The van der Waals surface area contributed by atoms with E-state index in [1.165, 1.54) is 11.1 Å². The van der Waals surface area contributed by atoms with E-state index in [1.807, 2.05) is 6.33 Å². The summed E-state index contributed by atoms with van der Waals surface area (Å²) in [6, 6.07) is 26.1. The molecular weight excluding hydrogens is 540 g/mol. The molecule has 0 aliphatic rings. The smallest absolute Gasteiger partial charge is 0.140 e. The van der Waals surface area contributed by atoms with Gasteiger partial charge >= 0.3 is 0 Å². The van der Waals surface area contributed by atoms with Crippen LogP contribution in [0.5, 0.6) is 0 Å². The van der Waals surface area contributed by atoms with Crippen molar-refractivity contribution in [2.75, 3.05) is 0 Å². The van der Waals surface area contributed by atoms with Gasteiger partial charge in [-0.2, -0.15) is 0 Å². The summed E-state index contributed by atoms with van der Waals surface area (Å²) in [6.07, 6.45) is 6.15. The highest BCUT2D eigenvalue weighted by atomic mass is 15.1. The average molecular weight is 583 g/mol. The van der Waals surface area contributed by atoms with Gasteiger partial charge in [-0.1, -0.05) is 90.1 Å². The van der Waals surface area contributed by atoms with Gasteiger partial charge in [0, 0.05) is 48.9 Å². The van der Waals surface area contributed by atoms with E-state index in [-0.39, 0.29) is 5.92 Å². The van der Waals surface area contributed by atoms with Crippen LogP contribution in [0.25, 0.3) is 50.8 Å². The molecule has 44 heavy (non-hydrogen) atoms. The van der Waals surface area contributed by atoms with Crippen LogP contribution in [0.2, 0.25) is 0 Å². The number of benzene rings is 3. The molecular formula is C38H42N6. The lowest BCUT2D eigenvalue weighted by atomic mass is 9.97. The standard InChI is InChI=1S/C38H42N6/c1-24(2)33-22-44(23-39-33)32-17-11-16-31(20-32)38-41-35(26(5)6)36(43(38)8)29-14-9-12-27(18-29)28-13-10-15-30(19-28)37-40-34(25(3)4)21-42(37)7/h9-26H,1-8H3. The third kappa shape index (κ3) is 5.52. The summed E-state index contributed by atoms with van der Waals surface area (Å²) in [5, 5.41) is 0. The van der Waals surface area contributed by atoms with Gasteiger partial charge in [-0.25, -0.2) is 15.0 Å². The first-order valence-corrected chi connectivity index (χ1v) is 15.6. The minimum Gasteiger partial charge on any atom is -0.334 e. The van der Waals surface area contributed by atoms with Crippen molar-refractivity contribution in [2.24, 2.45) is 14.1 Å². The van der Waals surface area contributed by atoms with Crippen LogP contribution in [0.4, 0.5) is 0 Å². The number of imidazole rings is 3. The molecule has 0 aliphatic heterocycles. The second-order valence-electron chi connectivity index (χ2n) is 12.7. The van der Waals surface area contributed by atoms with Crippen molar-refractivity contribution in [3.05, 3.63) is 109 Å². The van der Waals surface area contributed by atoms with Crippen LogP contribution in [0.1, 0.15) is 76.4 Å². The van der Waals surface area contributed by atoms with Crippen LogP contribution in [0.15, 0.2) is 91.5 Å². The quantitative estimate of drug-likeness (QED) is 0.180. The zero-order valence-electron chi connectivity index (χ0n) is 27.1. The Morgan fingerprint density at radius 1 is 0.568 bits per heavy atom. The zero-order chi connectivity index (χ0) is 31.1. The lowest BCUT2D eigenvalue weighted by Gasteiger charge is -2.12. The van der Waals surface area contributed by atoms with Crippen molar-refractivity contribution in [1.82, 2.24) is 28.7 Å². The Morgan fingerprint density at radius 3 is 1.77 bits per heavy atom. The van der Waals surface area contributed by atoms with Crippen LogP contribution >= 0.6 is 0 Å². The van der Waals surface area contributed by atoms with E-state index < -0.39 is 0 Å². The van der Waals surface area contributed by atoms with Crippen LogP contribution in [-0.2, 0) is 14.1 Å². The maximum absolute atomic E-state index is 5.23. The lowest BCUT2D eigenvalue weighted by molar-refractivity contribution is 0.829. The Morgan fingerprint density at radius 2 is 1.16 bits per heavy atom. The maximum Gasteiger partial charge on any atom is 0.140 e. The van der Waals surface area contributed by atoms with Crippen molar-refractivity contribution in [1.29, 1.82) is 0 Å². The third-order valence-corrected chi connectivity index (χ3v) is 8.34. The number of aromatic nitrogens is 6. The second kappa shape index (κ2) is 11.8. The van der Waals surface area contributed by atoms with Gasteiger partial charge < -0.3 is 13.7 Å².